The number of carbonyl (C=O) groups is 3. The Morgan fingerprint density at radius 1 is 1.14 bits per heavy atom. The average Bonchev–Trinajstić information content (AvgIpc) is 2.67. The van der Waals surface area contributed by atoms with Gasteiger partial charge in [-0.05, 0) is 37.5 Å². The molecule has 1 atom stereocenters. The average molecular weight is 393 g/mol. The van der Waals surface area contributed by atoms with Crippen LogP contribution in [0.1, 0.15) is 36.7 Å². The third-order valence-electron chi connectivity index (χ3n) is 4.78. The van der Waals surface area contributed by atoms with Crippen LogP contribution in [-0.4, -0.2) is 66.5 Å². The van der Waals surface area contributed by atoms with E-state index in [2.05, 4.69) is 5.32 Å². The zero-order valence-corrected chi connectivity index (χ0v) is 16.8. The van der Waals surface area contributed by atoms with Crippen LogP contribution in [0.3, 0.4) is 0 Å². The summed E-state index contributed by atoms with van der Waals surface area (Å²) in [5.74, 6) is -0.968. The lowest BCUT2D eigenvalue weighted by atomic mass is 10.0. The summed E-state index contributed by atoms with van der Waals surface area (Å²) in [7, 11) is 0. The molecule has 1 heterocycles. The number of benzene rings is 1. The van der Waals surface area contributed by atoms with Crippen LogP contribution in [0.5, 0.6) is 0 Å². The van der Waals surface area contributed by atoms with E-state index >= 15 is 0 Å². The van der Waals surface area contributed by atoms with E-state index in [9.17, 15) is 18.8 Å². The van der Waals surface area contributed by atoms with Crippen LogP contribution < -0.4 is 5.32 Å². The second-order valence-corrected chi connectivity index (χ2v) is 7.17. The number of nitrogens with one attached hydrogen (secondary N) is 1. The largest absolute Gasteiger partial charge is 0.450 e. The molecular formula is C20H28FN3O4. The molecule has 0 aliphatic carbocycles. The van der Waals surface area contributed by atoms with E-state index in [1.165, 1.54) is 6.07 Å². The van der Waals surface area contributed by atoms with E-state index in [4.69, 9.17) is 4.74 Å². The molecule has 3 amide bonds. The molecular weight excluding hydrogens is 365 g/mol. The predicted molar refractivity (Wildman–Crippen MR) is 102 cm³/mol. The zero-order chi connectivity index (χ0) is 20.8. The summed E-state index contributed by atoms with van der Waals surface area (Å²) >= 11 is 0. The molecule has 154 valence electrons. The number of ether oxygens (including phenoxy) is 1. The van der Waals surface area contributed by atoms with Crippen LogP contribution in [0.2, 0.25) is 0 Å². The minimum atomic E-state index is -0.688. The molecule has 1 aliphatic heterocycles. The monoisotopic (exact) mass is 393 g/mol. The number of alkyl carbamates (subject to hydrolysis) is 1. The summed E-state index contributed by atoms with van der Waals surface area (Å²) in [5.41, 5.74) is 0.785. The number of nitrogens with zero attached hydrogens (tertiary/aromatic N) is 2. The normalized spacial score (nSPS) is 15.4. The van der Waals surface area contributed by atoms with Crippen LogP contribution in [0.4, 0.5) is 9.18 Å². The maximum absolute atomic E-state index is 13.7. The van der Waals surface area contributed by atoms with E-state index < -0.39 is 18.0 Å². The van der Waals surface area contributed by atoms with Gasteiger partial charge in [-0.25, -0.2) is 9.18 Å². The van der Waals surface area contributed by atoms with Gasteiger partial charge in [-0.15, -0.1) is 0 Å². The Bertz CT molecular complexity index is 730. The van der Waals surface area contributed by atoms with Gasteiger partial charge >= 0.3 is 6.09 Å². The number of hydrogen-bond acceptors (Lipinski definition) is 4. The van der Waals surface area contributed by atoms with Crippen molar-refractivity contribution < 1.29 is 23.5 Å². The Labute approximate surface area is 164 Å². The number of hydrogen-bond donors (Lipinski definition) is 1. The number of amides is 3. The van der Waals surface area contributed by atoms with Crippen LogP contribution in [0, 0.1) is 18.7 Å². The fraction of sp³-hybridized carbons (Fsp3) is 0.550. The summed E-state index contributed by atoms with van der Waals surface area (Å²) in [5, 5.41) is 2.61. The van der Waals surface area contributed by atoms with Crippen molar-refractivity contribution in [2.45, 2.75) is 33.7 Å². The van der Waals surface area contributed by atoms with Crippen molar-refractivity contribution in [3.63, 3.8) is 0 Å². The molecule has 0 aromatic heterocycles. The first-order valence-corrected chi connectivity index (χ1v) is 9.52. The van der Waals surface area contributed by atoms with Crippen LogP contribution in [-0.2, 0) is 9.53 Å². The lowest BCUT2D eigenvalue weighted by Gasteiger charge is -2.37. The quantitative estimate of drug-likeness (QED) is 0.832. The maximum atomic E-state index is 13.7. The fourth-order valence-electron chi connectivity index (χ4n) is 3.05. The lowest BCUT2D eigenvalue weighted by molar-refractivity contribution is -0.135. The molecule has 1 fully saturated rings. The van der Waals surface area contributed by atoms with Gasteiger partial charge in [-0.1, -0.05) is 19.9 Å². The zero-order valence-electron chi connectivity index (χ0n) is 16.8. The number of aryl methyl sites for hydroxylation is 1. The van der Waals surface area contributed by atoms with Crippen LogP contribution >= 0.6 is 0 Å². The first-order chi connectivity index (χ1) is 13.2. The third kappa shape index (κ3) is 5.21. The van der Waals surface area contributed by atoms with Crippen molar-refractivity contribution in [3.05, 3.63) is 35.1 Å². The molecule has 0 spiro atoms. The van der Waals surface area contributed by atoms with Crippen molar-refractivity contribution in [2.75, 3.05) is 32.8 Å². The summed E-state index contributed by atoms with van der Waals surface area (Å²) in [6.45, 7) is 8.67. The minimum Gasteiger partial charge on any atom is -0.450 e. The second kappa shape index (κ2) is 9.52. The van der Waals surface area contributed by atoms with Crippen molar-refractivity contribution in [1.82, 2.24) is 15.1 Å². The molecule has 1 aliphatic rings. The van der Waals surface area contributed by atoms with E-state index in [0.29, 0.717) is 37.3 Å². The van der Waals surface area contributed by atoms with Gasteiger partial charge in [0.15, 0.2) is 0 Å². The molecule has 7 nitrogen and oxygen atoms in total. The molecule has 8 heteroatoms. The first kappa shape index (κ1) is 21.7. The van der Waals surface area contributed by atoms with E-state index in [1.54, 1.807) is 35.8 Å². The van der Waals surface area contributed by atoms with Gasteiger partial charge in [-0.3, -0.25) is 9.59 Å². The van der Waals surface area contributed by atoms with Gasteiger partial charge in [0, 0.05) is 31.7 Å². The smallest absolute Gasteiger partial charge is 0.407 e. The van der Waals surface area contributed by atoms with Crippen LogP contribution in [0.15, 0.2) is 18.2 Å². The van der Waals surface area contributed by atoms with Crippen molar-refractivity contribution in [2.24, 2.45) is 5.92 Å². The summed E-state index contributed by atoms with van der Waals surface area (Å²) in [4.78, 5) is 40.3. The predicted octanol–water partition coefficient (Wildman–Crippen LogP) is 2.19. The van der Waals surface area contributed by atoms with Gasteiger partial charge in [0.2, 0.25) is 5.91 Å². The molecule has 2 rings (SSSR count). The molecule has 1 aromatic carbocycles. The molecule has 28 heavy (non-hydrogen) atoms. The molecule has 1 saturated heterocycles. The first-order valence-electron chi connectivity index (χ1n) is 9.52. The Kier molecular flexibility index (Phi) is 7.37. The topological polar surface area (TPSA) is 79.0 Å². The van der Waals surface area contributed by atoms with Crippen molar-refractivity contribution in [3.8, 4) is 0 Å². The van der Waals surface area contributed by atoms with Gasteiger partial charge in [0.25, 0.3) is 5.91 Å². The summed E-state index contributed by atoms with van der Waals surface area (Å²) < 4.78 is 18.6. The Morgan fingerprint density at radius 3 is 2.29 bits per heavy atom. The number of rotatable bonds is 5. The molecule has 0 saturated carbocycles. The van der Waals surface area contributed by atoms with Gasteiger partial charge < -0.3 is 19.9 Å². The second-order valence-electron chi connectivity index (χ2n) is 7.17. The Hall–Kier alpha value is -2.64. The third-order valence-corrected chi connectivity index (χ3v) is 4.78. The summed E-state index contributed by atoms with van der Waals surface area (Å²) in [6.07, 6.45) is -0.621. The highest BCUT2D eigenvalue weighted by molar-refractivity contribution is 5.94. The van der Waals surface area contributed by atoms with Crippen molar-refractivity contribution in [1.29, 1.82) is 0 Å². The van der Waals surface area contributed by atoms with Crippen molar-refractivity contribution >= 4 is 17.9 Å². The van der Waals surface area contributed by atoms with E-state index in [0.717, 1.165) is 0 Å². The van der Waals surface area contributed by atoms with Gasteiger partial charge in [0.1, 0.15) is 11.9 Å². The summed E-state index contributed by atoms with van der Waals surface area (Å²) in [6, 6.07) is 3.74. The number of halogens is 1. The minimum absolute atomic E-state index is 0.105. The molecule has 1 unspecified atom stereocenters. The van der Waals surface area contributed by atoms with Gasteiger partial charge in [0.05, 0.1) is 6.61 Å². The molecule has 0 bridgehead atoms. The highest BCUT2D eigenvalue weighted by Gasteiger charge is 2.32. The van der Waals surface area contributed by atoms with E-state index in [1.807, 2.05) is 13.8 Å². The lowest BCUT2D eigenvalue weighted by Crippen LogP contribution is -2.57. The Balaban J connectivity index is 1.97. The molecule has 0 radical (unpaired) electrons. The van der Waals surface area contributed by atoms with Crippen LogP contribution in [0.25, 0.3) is 0 Å². The van der Waals surface area contributed by atoms with E-state index in [-0.39, 0.29) is 24.3 Å². The maximum Gasteiger partial charge on any atom is 0.407 e. The van der Waals surface area contributed by atoms with Gasteiger partial charge in [-0.2, -0.15) is 0 Å². The molecule has 1 aromatic rings. The SMILES string of the molecule is CCOC(=O)NC(C(=O)N1CCN(C(=O)c2ccc(C)c(F)c2)CC1)C(C)C. The highest BCUT2D eigenvalue weighted by Crippen LogP contribution is 2.15. The Morgan fingerprint density at radius 2 is 1.75 bits per heavy atom. The fourth-order valence-corrected chi connectivity index (χ4v) is 3.05. The number of piperazine rings is 1. The molecule has 1 N–H and O–H groups in total. The standard InChI is InChI=1S/C20H28FN3O4/c1-5-28-20(27)22-17(13(2)3)19(26)24-10-8-23(9-11-24)18(25)15-7-6-14(4)16(21)12-15/h6-7,12-13,17H,5,8-11H2,1-4H3,(H,22,27). The highest BCUT2D eigenvalue weighted by atomic mass is 19.1. The number of carbonyl (C=O) groups excluding carboxylic acids is 3.